The van der Waals surface area contributed by atoms with Crippen molar-refractivity contribution in [3.05, 3.63) is 71.1 Å². The van der Waals surface area contributed by atoms with Crippen LogP contribution in [0, 0.1) is 0 Å². The summed E-state index contributed by atoms with van der Waals surface area (Å²) in [4.78, 5) is 21.1. The summed E-state index contributed by atoms with van der Waals surface area (Å²) >= 11 is 6.12. The number of fused-ring (bicyclic) bond motifs is 1. The number of hydrogen-bond donors (Lipinski definition) is 0. The van der Waals surface area contributed by atoms with Crippen LogP contribution in [0.25, 0.3) is 22.3 Å². The van der Waals surface area contributed by atoms with Crippen molar-refractivity contribution in [1.29, 1.82) is 0 Å². The van der Waals surface area contributed by atoms with Gasteiger partial charge in [0, 0.05) is 33.9 Å². The molecule has 0 aliphatic carbocycles. The van der Waals surface area contributed by atoms with Gasteiger partial charge < -0.3 is 9.47 Å². The van der Waals surface area contributed by atoms with E-state index in [1.54, 1.807) is 42.5 Å². The standard InChI is InChI=1S/C21H17ClN4O3/c1-28-17-5-3-14(4-6-17)20-23-9-13(10-24-20)12-26-19-15(11-25-26)7-16(22)8-18(19)21(27)29-2/h3-11H,12H2,1-2H3. The quantitative estimate of drug-likeness (QED) is 0.464. The minimum atomic E-state index is -0.467. The van der Waals surface area contributed by atoms with Crippen molar-refractivity contribution in [2.24, 2.45) is 0 Å². The van der Waals surface area contributed by atoms with E-state index in [9.17, 15) is 4.79 Å². The maximum atomic E-state index is 12.2. The van der Waals surface area contributed by atoms with Crippen LogP contribution >= 0.6 is 11.6 Å². The van der Waals surface area contributed by atoms with Crippen LogP contribution in [-0.4, -0.2) is 39.9 Å². The lowest BCUT2D eigenvalue weighted by molar-refractivity contribution is 0.0602. The van der Waals surface area contributed by atoms with Crippen LogP contribution in [0.4, 0.5) is 0 Å². The maximum Gasteiger partial charge on any atom is 0.340 e. The molecule has 0 unspecified atom stereocenters. The highest BCUT2D eigenvalue weighted by Crippen LogP contribution is 2.25. The van der Waals surface area contributed by atoms with E-state index < -0.39 is 5.97 Å². The number of rotatable bonds is 5. The number of esters is 1. The molecular formula is C21H17ClN4O3. The highest BCUT2D eigenvalue weighted by Gasteiger charge is 2.17. The van der Waals surface area contributed by atoms with Gasteiger partial charge in [-0.25, -0.2) is 14.8 Å². The molecule has 0 aliphatic heterocycles. The van der Waals surface area contributed by atoms with Crippen molar-refractivity contribution >= 4 is 28.5 Å². The van der Waals surface area contributed by atoms with Crippen LogP contribution in [0.5, 0.6) is 5.75 Å². The van der Waals surface area contributed by atoms with E-state index in [0.717, 1.165) is 22.3 Å². The summed E-state index contributed by atoms with van der Waals surface area (Å²) in [7, 11) is 2.96. The molecule has 0 N–H and O–H groups in total. The average Bonchev–Trinajstić information content (AvgIpc) is 3.15. The number of aromatic nitrogens is 4. The summed E-state index contributed by atoms with van der Waals surface area (Å²) in [6, 6.07) is 10.9. The lowest BCUT2D eigenvalue weighted by Gasteiger charge is -2.08. The first-order chi connectivity index (χ1) is 14.1. The van der Waals surface area contributed by atoms with E-state index in [0.29, 0.717) is 28.5 Å². The van der Waals surface area contributed by atoms with Gasteiger partial charge in [0.05, 0.1) is 38.0 Å². The van der Waals surface area contributed by atoms with Crippen LogP contribution in [-0.2, 0) is 11.3 Å². The second kappa shape index (κ2) is 7.89. The molecule has 0 saturated heterocycles. The SMILES string of the molecule is COC(=O)c1cc(Cl)cc2cnn(Cc3cnc(-c4ccc(OC)cc4)nc3)c12. The summed E-state index contributed by atoms with van der Waals surface area (Å²) < 4.78 is 11.8. The molecule has 0 aliphatic rings. The maximum absolute atomic E-state index is 12.2. The average molecular weight is 409 g/mol. The monoisotopic (exact) mass is 408 g/mol. The third-order valence-electron chi connectivity index (χ3n) is 4.49. The van der Waals surface area contributed by atoms with Gasteiger partial charge >= 0.3 is 5.97 Å². The molecule has 0 fully saturated rings. The Morgan fingerprint density at radius 1 is 1.07 bits per heavy atom. The van der Waals surface area contributed by atoms with Gasteiger partial charge in [-0.1, -0.05) is 11.6 Å². The molecule has 29 heavy (non-hydrogen) atoms. The number of ether oxygens (including phenoxy) is 2. The van der Waals surface area contributed by atoms with Crippen LogP contribution in [0.15, 0.2) is 55.0 Å². The molecular weight excluding hydrogens is 392 g/mol. The van der Waals surface area contributed by atoms with Crippen molar-refractivity contribution in [2.45, 2.75) is 6.54 Å². The van der Waals surface area contributed by atoms with Gasteiger partial charge in [0.25, 0.3) is 0 Å². The molecule has 4 aromatic rings. The number of methoxy groups -OCH3 is 2. The molecule has 0 spiro atoms. The Labute approximate surface area is 171 Å². The van der Waals surface area contributed by atoms with Crippen LogP contribution in [0.1, 0.15) is 15.9 Å². The van der Waals surface area contributed by atoms with E-state index >= 15 is 0 Å². The minimum Gasteiger partial charge on any atom is -0.497 e. The first kappa shape index (κ1) is 18.9. The lowest BCUT2D eigenvalue weighted by Crippen LogP contribution is -2.08. The van der Waals surface area contributed by atoms with Gasteiger partial charge in [-0.15, -0.1) is 0 Å². The van der Waals surface area contributed by atoms with E-state index in [4.69, 9.17) is 21.1 Å². The van der Waals surface area contributed by atoms with Crippen molar-refractivity contribution in [1.82, 2.24) is 19.7 Å². The number of nitrogens with zero attached hydrogens (tertiary/aromatic N) is 4. The Kier molecular flexibility index (Phi) is 5.14. The molecule has 0 saturated carbocycles. The Morgan fingerprint density at radius 2 is 1.79 bits per heavy atom. The smallest absolute Gasteiger partial charge is 0.340 e. The number of hydrogen-bond acceptors (Lipinski definition) is 6. The molecule has 7 nitrogen and oxygen atoms in total. The number of benzene rings is 2. The summed E-state index contributed by atoms with van der Waals surface area (Å²) in [6.45, 7) is 0.401. The first-order valence-electron chi connectivity index (χ1n) is 8.78. The fourth-order valence-electron chi connectivity index (χ4n) is 3.08. The predicted octanol–water partition coefficient (Wildman–Crippen LogP) is 3.99. The number of carbonyl (C=O) groups excluding carboxylic acids is 1. The van der Waals surface area contributed by atoms with Gasteiger partial charge in [0.1, 0.15) is 5.75 Å². The summed E-state index contributed by atoms with van der Waals surface area (Å²) in [6.07, 6.45) is 5.15. The highest BCUT2D eigenvalue weighted by molar-refractivity contribution is 6.32. The number of carbonyl (C=O) groups is 1. The van der Waals surface area contributed by atoms with Gasteiger partial charge in [0.2, 0.25) is 0 Å². The van der Waals surface area contributed by atoms with Crippen molar-refractivity contribution in [2.75, 3.05) is 14.2 Å². The molecule has 0 bridgehead atoms. The van der Waals surface area contributed by atoms with E-state index in [-0.39, 0.29) is 0 Å². The third kappa shape index (κ3) is 3.77. The van der Waals surface area contributed by atoms with Crippen molar-refractivity contribution in [3.8, 4) is 17.1 Å². The molecule has 0 amide bonds. The van der Waals surface area contributed by atoms with E-state index in [2.05, 4.69) is 15.1 Å². The number of halogens is 1. The van der Waals surface area contributed by atoms with Gasteiger partial charge in [-0.05, 0) is 36.4 Å². The van der Waals surface area contributed by atoms with Gasteiger partial charge in [-0.2, -0.15) is 5.10 Å². The molecule has 0 atom stereocenters. The van der Waals surface area contributed by atoms with Crippen LogP contribution in [0.3, 0.4) is 0 Å². The summed E-state index contributed by atoms with van der Waals surface area (Å²) in [5.74, 6) is 0.923. The fourth-order valence-corrected chi connectivity index (χ4v) is 3.31. The van der Waals surface area contributed by atoms with E-state index in [1.165, 1.54) is 7.11 Å². The Bertz CT molecular complexity index is 1170. The Morgan fingerprint density at radius 3 is 2.45 bits per heavy atom. The molecule has 0 radical (unpaired) electrons. The summed E-state index contributed by atoms with van der Waals surface area (Å²) in [5, 5.41) is 5.60. The lowest BCUT2D eigenvalue weighted by atomic mass is 10.1. The first-order valence-corrected chi connectivity index (χ1v) is 9.15. The topological polar surface area (TPSA) is 79.1 Å². The normalized spacial score (nSPS) is 10.9. The molecule has 2 aromatic heterocycles. The zero-order chi connectivity index (χ0) is 20.4. The van der Waals surface area contributed by atoms with Crippen molar-refractivity contribution < 1.29 is 14.3 Å². The van der Waals surface area contributed by atoms with Gasteiger partial charge in [-0.3, -0.25) is 4.68 Å². The highest BCUT2D eigenvalue weighted by atomic mass is 35.5. The minimum absolute atomic E-state index is 0.364. The molecule has 146 valence electrons. The molecule has 2 aromatic carbocycles. The Balaban J connectivity index is 1.64. The van der Waals surface area contributed by atoms with Gasteiger partial charge in [0.15, 0.2) is 5.82 Å². The largest absolute Gasteiger partial charge is 0.497 e. The second-order valence-corrected chi connectivity index (χ2v) is 6.76. The zero-order valence-electron chi connectivity index (χ0n) is 15.8. The molecule has 8 heteroatoms. The molecule has 2 heterocycles. The second-order valence-electron chi connectivity index (χ2n) is 6.33. The third-order valence-corrected chi connectivity index (χ3v) is 4.71. The predicted molar refractivity (Wildman–Crippen MR) is 109 cm³/mol. The Hall–Kier alpha value is -3.45. The summed E-state index contributed by atoms with van der Waals surface area (Å²) in [5.41, 5.74) is 2.76. The van der Waals surface area contributed by atoms with E-state index in [1.807, 2.05) is 24.3 Å². The molecule has 4 rings (SSSR count). The fraction of sp³-hybridized carbons (Fsp3) is 0.143. The van der Waals surface area contributed by atoms with Crippen LogP contribution in [0.2, 0.25) is 5.02 Å². The van der Waals surface area contributed by atoms with Crippen molar-refractivity contribution in [3.63, 3.8) is 0 Å². The van der Waals surface area contributed by atoms with Crippen LogP contribution < -0.4 is 4.74 Å². The zero-order valence-corrected chi connectivity index (χ0v) is 16.6.